The quantitative estimate of drug-likeness (QED) is 0.424. The number of likely N-dealkylation sites (tertiary alicyclic amines) is 1. The summed E-state index contributed by atoms with van der Waals surface area (Å²) in [5, 5.41) is 0. The van der Waals surface area contributed by atoms with Crippen LogP contribution in [0, 0.1) is 0 Å². The molecular weight excluding hydrogens is 322 g/mol. The summed E-state index contributed by atoms with van der Waals surface area (Å²) in [5.74, 6) is -0.488. The van der Waals surface area contributed by atoms with E-state index in [0.29, 0.717) is 24.8 Å². The molecule has 2 amide bonds. The van der Waals surface area contributed by atoms with Crippen molar-refractivity contribution in [2.24, 2.45) is 0 Å². The average molecular weight is 353 g/mol. The molecule has 6 heteroatoms. The summed E-state index contributed by atoms with van der Waals surface area (Å²) in [5.41, 5.74) is -0.0577. The van der Waals surface area contributed by atoms with E-state index >= 15 is 0 Å². The summed E-state index contributed by atoms with van der Waals surface area (Å²) in [4.78, 5) is 37.5. The number of carbonyl (C=O) groups is 3. The first kappa shape index (κ1) is 21.2. The second kappa shape index (κ2) is 9.59. The van der Waals surface area contributed by atoms with Crippen LogP contribution >= 0.6 is 0 Å². The third kappa shape index (κ3) is 7.28. The predicted octanol–water partition coefficient (Wildman–Crippen LogP) is 3.98. The first-order chi connectivity index (χ1) is 11.7. The molecule has 0 bridgehead atoms. The van der Waals surface area contributed by atoms with Gasteiger partial charge in [0.25, 0.3) is 0 Å². The molecule has 142 valence electrons. The molecule has 0 N–H and O–H groups in total. The molecule has 1 fully saturated rings. The Morgan fingerprint density at radius 2 is 1.96 bits per heavy atom. The Morgan fingerprint density at radius 1 is 1.28 bits per heavy atom. The van der Waals surface area contributed by atoms with E-state index in [1.165, 1.54) is 12.0 Å². The van der Waals surface area contributed by atoms with Gasteiger partial charge in [-0.25, -0.2) is 14.5 Å². The highest BCUT2D eigenvalue weighted by Crippen LogP contribution is 2.24. The predicted molar refractivity (Wildman–Crippen MR) is 95.0 cm³/mol. The Hall–Kier alpha value is -1.85. The van der Waals surface area contributed by atoms with Crippen LogP contribution in [-0.2, 0) is 19.1 Å². The van der Waals surface area contributed by atoms with E-state index in [2.05, 4.69) is 4.74 Å². The molecule has 1 rings (SSSR count). The molecule has 1 aliphatic heterocycles. The van der Waals surface area contributed by atoms with E-state index in [1.807, 2.05) is 6.08 Å². The highest BCUT2D eigenvalue weighted by molar-refractivity contribution is 5.92. The fourth-order valence-corrected chi connectivity index (χ4v) is 2.86. The number of allylic oxidation sites excluding steroid dienone is 1. The van der Waals surface area contributed by atoms with Crippen molar-refractivity contribution in [1.82, 2.24) is 4.90 Å². The molecule has 0 unspecified atom stereocenters. The van der Waals surface area contributed by atoms with Gasteiger partial charge in [-0.05, 0) is 59.8 Å². The molecule has 1 aliphatic rings. The number of imide groups is 1. The fraction of sp³-hybridized carbons (Fsp3) is 0.737. The highest BCUT2D eigenvalue weighted by atomic mass is 16.6. The molecule has 0 saturated carbocycles. The standard InChI is InChI=1S/C19H31NO5/c1-14(17(22)24-5)10-6-7-11-15-12-8-9-13-16(21)20(15)18(23)25-19(2,3)4/h10,15H,6-9,11-13H2,1-5H3/b14-10+/t15-/m0/s1. The van der Waals surface area contributed by atoms with Crippen molar-refractivity contribution in [3.8, 4) is 0 Å². The van der Waals surface area contributed by atoms with Crippen LogP contribution in [0.2, 0.25) is 0 Å². The van der Waals surface area contributed by atoms with Crippen LogP contribution in [0.25, 0.3) is 0 Å². The first-order valence-electron chi connectivity index (χ1n) is 8.96. The van der Waals surface area contributed by atoms with Gasteiger partial charge in [0.1, 0.15) is 5.60 Å². The van der Waals surface area contributed by atoms with Gasteiger partial charge in [0.05, 0.1) is 7.11 Å². The number of carbonyl (C=O) groups excluding carboxylic acids is 3. The van der Waals surface area contributed by atoms with E-state index in [0.717, 1.165) is 25.7 Å². The van der Waals surface area contributed by atoms with Gasteiger partial charge in [0.15, 0.2) is 0 Å². The number of hydrogen-bond donors (Lipinski definition) is 0. The Labute approximate surface area is 150 Å². The molecule has 6 nitrogen and oxygen atoms in total. The maximum atomic E-state index is 12.5. The first-order valence-corrected chi connectivity index (χ1v) is 8.96. The lowest BCUT2D eigenvalue weighted by Crippen LogP contribution is -2.46. The van der Waals surface area contributed by atoms with Crippen molar-refractivity contribution >= 4 is 18.0 Å². The van der Waals surface area contributed by atoms with Crippen LogP contribution in [0.4, 0.5) is 4.79 Å². The van der Waals surface area contributed by atoms with Crippen LogP contribution in [0.3, 0.4) is 0 Å². The Bertz CT molecular complexity index is 518. The average Bonchev–Trinajstić information content (AvgIpc) is 2.70. The largest absolute Gasteiger partial charge is 0.466 e. The molecule has 0 radical (unpaired) electrons. The molecular formula is C19H31NO5. The summed E-state index contributed by atoms with van der Waals surface area (Å²) < 4.78 is 10.1. The fourth-order valence-electron chi connectivity index (χ4n) is 2.86. The lowest BCUT2D eigenvalue weighted by molar-refractivity contribution is -0.136. The van der Waals surface area contributed by atoms with Gasteiger partial charge < -0.3 is 9.47 Å². The SMILES string of the molecule is COC(=O)/C(C)=C/CCC[C@H]1CCCCC(=O)N1C(=O)OC(C)(C)C. The van der Waals surface area contributed by atoms with Gasteiger partial charge in [-0.1, -0.05) is 12.5 Å². The molecule has 0 spiro atoms. The van der Waals surface area contributed by atoms with Crippen LogP contribution in [0.5, 0.6) is 0 Å². The number of hydrogen-bond acceptors (Lipinski definition) is 5. The third-order valence-corrected chi connectivity index (χ3v) is 4.10. The number of methoxy groups -OCH3 is 1. The molecule has 0 aromatic heterocycles. The maximum absolute atomic E-state index is 12.5. The van der Waals surface area contributed by atoms with E-state index in [9.17, 15) is 14.4 Å². The maximum Gasteiger partial charge on any atom is 0.417 e. The summed E-state index contributed by atoms with van der Waals surface area (Å²) in [6.45, 7) is 7.10. The van der Waals surface area contributed by atoms with Crippen molar-refractivity contribution in [2.45, 2.75) is 84.3 Å². The van der Waals surface area contributed by atoms with E-state index in [-0.39, 0.29) is 17.9 Å². The van der Waals surface area contributed by atoms with Gasteiger partial charge in [-0.2, -0.15) is 0 Å². The normalized spacial score (nSPS) is 19.4. The minimum Gasteiger partial charge on any atom is -0.466 e. The zero-order valence-electron chi connectivity index (χ0n) is 16.1. The number of rotatable bonds is 5. The topological polar surface area (TPSA) is 72.9 Å². The summed E-state index contributed by atoms with van der Waals surface area (Å²) >= 11 is 0. The zero-order valence-corrected chi connectivity index (χ0v) is 16.1. The Kier molecular flexibility index (Phi) is 8.13. The van der Waals surface area contributed by atoms with E-state index < -0.39 is 11.7 Å². The summed E-state index contributed by atoms with van der Waals surface area (Å²) in [7, 11) is 1.36. The van der Waals surface area contributed by atoms with Gasteiger partial charge >= 0.3 is 12.1 Å². The van der Waals surface area contributed by atoms with Crippen molar-refractivity contribution in [2.75, 3.05) is 7.11 Å². The molecule has 1 heterocycles. The molecule has 0 aliphatic carbocycles. The van der Waals surface area contributed by atoms with Gasteiger partial charge in [-0.3, -0.25) is 4.79 Å². The second-order valence-electron chi connectivity index (χ2n) is 7.45. The highest BCUT2D eigenvalue weighted by Gasteiger charge is 2.34. The molecule has 25 heavy (non-hydrogen) atoms. The van der Waals surface area contributed by atoms with Crippen molar-refractivity contribution < 1.29 is 23.9 Å². The van der Waals surface area contributed by atoms with Crippen LogP contribution in [0.1, 0.15) is 72.6 Å². The van der Waals surface area contributed by atoms with Crippen molar-refractivity contribution in [3.05, 3.63) is 11.6 Å². The minimum absolute atomic E-state index is 0.142. The third-order valence-electron chi connectivity index (χ3n) is 4.10. The Balaban J connectivity index is 2.70. The molecule has 1 atom stereocenters. The zero-order chi connectivity index (χ0) is 19.0. The second-order valence-corrected chi connectivity index (χ2v) is 7.45. The monoisotopic (exact) mass is 353 g/mol. The van der Waals surface area contributed by atoms with Gasteiger partial charge in [0.2, 0.25) is 5.91 Å². The molecule has 1 saturated heterocycles. The van der Waals surface area contributed by atoms with Crippen molar-refractivity contribution in [3.63, 3.8) is 0 Å². The van der Waals surface area contributed by atoms with Crippen LogP contribution in [0.15, 0.2) is 11.6 Å². The molecule has 0 aromatic carbocycles. The summed E-state index contributed by atoms with van der Waals surface area (Å²) in [6, 6.07) is -0.142. The smallest absolute Gasteiger partial charge is 0.417 e. The van der Waals surface area contributed by atoms with E-state index in [4.69, 9.17) is 4.74 Å². The van der Waals surface area contributed by atoms with Crippen LogP contribution < -0.4 is 0 Å². The number of ether oxygens (including phenoxy) is 2. The summed E-state index contributed by atoms with van der Waals surface area (Å²) in [6.07, 6.45) is 6.38. The number of unbranched alkanes of at least 4 members (excludes halogenated alkanes) is 1. The Morgan fingerprint density at radius 3 is 2.56 bits per heavy atom. The lowest BCUT2D eigenvalue weighted by Gasteiger charge is -2.31. The number of amides is 2. The lowest BCUT2D eigenvalue weighted by atomic mass is 10.0. The van der Waals surface area contributed by atoms with E-state index in [1.54, 1.807) is 27.7 Å². The minimum atomic E-state index is -0.630. The number of esters is 1. The van der Waals surface area contributed by atoms with Gasteiger partial charge in [0, 0.05) is 18.0 Å². The molecule has 0 aromatic rings. The number of nitrogens with zero attached hydrogens (tertiary/aromatic N) is 1. The van der Waals surface area contributed by atoms with Gasteiger partial charge in [-0.15, -0.1) is 0 Å². The van der Waals surface area contributed by atoms with Crippen LogP contribution in [-0.4, -0.2) is 41.6 Å². The van der Waals surface area contributed by atoms with Crippen molar-refractivity contribution in [1.29, 1.82) is 0 Å².